The number of carbonyl (C=O) groups excluding carboxylic acids is 2. The van der Waals surface area contributed by atoms with E-state index in [-0.39, 0.29) is 5.82 Å². The fourth-order valence-electron chi connectivity index (χ4n) is 1.72. The van der Waals surface area contributed by atoms with Crippen LogP contribution in [-0.4, -0.2) is 48.0 Å². The van der Waals surface area contributed by atoms with Gasteiger partial charge < -0.3 is 14.7 Å². The van der Waals surface area contributed by atoms with Gasteiger partial charge >= 0.3 is 11.8 Å². The van der Waals surface area contributed by atoms with Crippen molar-refractivity contribution in [2.24, 2.45) is 0 Å². The number of nitrogens with one attached hydrogen (secondary N) is 2. The molecule has 1 aromatic rings. The molecule has 0 unspecified atom stereocenters. The van der Waals surface area contributed by atoms with E-state index >= 15 is 0 Å². The summed E-state index contributed by atoms with van der Waals surface area (Å²) in [7, 11) is 0. The topological polar surface area (TPSA) is 87.5 Å². The minimum atomic E-state index is -0.735. The van der Waals surface area contributed by atoms with Crippen molar-refractivity contribution in [3.05, 3.63) is 11.8 Å². The lowest BCUT2D eigenvalue weighted by Gasteiger charge is -2.17. The number of hydrogen-bond acceptors (Lipinski definition) is 5. The monoisotopic (exact) mass is 282 g/mol. The van der Waals surface area contributed by atoms with Crippen LogP contribution in [0.1, 0.15) is 26.0 Å². The third-order valence-electron chi connectivity index (χ3n) is 2.91. The highest BCUT2D eigenvalue weighted by atomic mass is 16.5. The first kappa shape index (κ1) is 16.2. The zero-order valence-corrected chi connectivity index (χ0v) is 12.2. The molecule has 1 aromatic heterocycles. The SMILES string of the molecule is CCN(CC)CCCNC(=O)C(=O)Nc1cc(C)on1. The minimum absolute atomic E-state index is 0.241. The Kier molecular flexibility index (Phi) is 6.72. The van der Waals surface area contributed by atoms with Crippen LogP contribution in [0.5, 0.6) is 0 Å². The number of aromatic nitrogens is 1. The minimum Gasteiger partial charge on any atom is -0.360 e. The molecule has 7 heteroatoms. The molecular formula is C13H22N4O3. The molecule has 0 saturated carbocycles. The summed E-state index contributed by atoms with van der Waals surface area (Å²) in [6.07, 6.45) is 0.809. The van der Waals surface area contributed by atoms with Crippen LogP contribution in [0.4, 0.5) is 5.82 Å². The van der Waals surface area contributed by atoms with E-state index in [2.05, 4.69) is 34.5 Å². The van der Waals surface area contributed by atoms with Crippen molar-refractivity contribution < 1.29 is 14.1 Å². The first-order chi connectivity index (χ1) is 9.56. The first-order valence-electron chi connectivity index (χ1n) is 6.81. The molecule has 1 rings (SSSR count). The quantitative estimate of drug-likeness (QED) is 0.570. The molecule has 0 aliphatic carbocycles. The van der Waals surface area contributed by atoms with Crippen molar-refractivity contribution in [1.82, 2.24) is 15.4 Å². The van der Waals surface area contributed by atoms with Gasteiger partial charge in [0.05, 0.1) is 0 Å². The number of rotatable bonds is 7. The summed E-state index contributed by atoms with van der Waals surface area (Å²) in [6, 6.07) is 1.55. The first-order valence-corrected chi connectivity index (χ1v) is 6.81. The van der Waals surface area contributed by atoms with Gasteiger partial charge in [-0.25, -0.2) is 0 Å². The van der Waals surface area contributed by atoms with Gasteiger partial charge in [0.25, 0.3) is 0 Å². The van der Waals surface area contributed by atoms with Crippen LogP contribution in [0.3, 0.4) is 0 Å². The van der Waals surface area contributed by atoms with Crippen molar-refractivity contribution in [1.29, 1.82) is 0 Å². The van der Waals surface area contributed by atoms with Gasteiger partial charge in [0, 0.05) is 12.6 Å². The van der Waals surface area contributed by atoms with Gasteiger partial charge in [-0.3, -0.25) is 14.9 Å². The fourth-order valence-corrected chi connectivity index (χ4v) is 1.72. The predicted molar refractivity (Wildman–Crippen MR) is 75.3 cm³/mol. The third kappa shape index (κ3) is 5.40. The van der Waals surface area contributed by atoms with Crippen LogP contribution in [-0.2, 0) is 9.59 Å². The molecular weight excluding hydrogens is 260 g/mol. The summed E-state index contributed by atoms with van der Waals surface area (Å²) < 4.78 is 4.79. The van der Waals surface area contributed by atoms with E-state index in [1.165, 1.54) is 0 Å². The van der Waals surface area contributed by atoms with Crippen LogP contribution in [0.15, 0.2) is 10.6 Å². The zero-order valence-electron chi connectivity index (χ0n) is 12.2. The van der Waals surface area contributed by atoms with E-state index in [0.717, 1.165) is 26.1 Å². The number of aryl methyl sites for hydroxylation is 1. The summed E-state index contributed by atoms with van der Waals surface area (Å²) in [6.45, 7) is 9.23. The summed E-state index contributed by atoms with van der Waals surface area (Å²) in [4.78, 5) is 25.3. The van der Waals surface area contributed by atoms with Crippen molar-refractivity contribution in [3.63, 3.8) is 0 Å². The molecule has 0 spiro atoms. The average Bonchev–Trinajstić information content (AvgIpc) is 2.84. The van der Waals surface area contributed by atoms with Crippen molar-refractivity contribution in [2.45, 2.75) is 27.2 Å². The van der Waals surface area contributed by atoms with Crippen molar-refractivity contribution >= 4 is 17.6 Å². The smallest absolute Gasteiger partial charge is 0.314 e. The number of anilines is 1. The largest absolute Gasteiger partial charge is 0.360 e. The maximum atomic E-state index is 11.5. The Balaban J connectivity index is 2.23. The van der Waals surface area contributed by atoms with Crippen LogP contribution in [0.25, 0.3) is 0 Å². The molecule has 0 atom stereocenters. The molecule has 0 radical (unpaired) electrons. The van der Waals surface area contributed by atoms with Crippen LogP contribution in [0, 0.1) is 6.92 Å². The lowest BCUT2D eigenvalue weighted by Crippen LogP contribution is -2.37. The van der Waals surface area contributed by atoms with Gasteiger partial charge in [-0.1, -0.05) is 19.0 Å². The molecule has 0 aliphatic rings. The van der Waals surface area contributed by atoms with Crippen LogP contribution >= 0.6 is 0 Å². The Hall–Kier alpha value is -1.89. The zero-order chi connectivity index (χ0) is 15.0. The molecule has 2 amide bonds. The molecule has 20 heavy (non-hydrogen) atoms. The van der Waals surface area contributed by atoms with Gasteiger partial charge in [0.2, 0.25) is 0 Å². The predicted octanol–water partition coefficient (Wildman–Crippen LogP) is 0.770. The van der Waals surface area contributed by atoms with Crippen LogP contribution in [0.2, 0.25) is 0 Å². The number of hydrogen-bond donors (Lipinski definition) is 2. The summed E-state index contributed by atoms with van der Waals surface area (Å²) in [5.74, 6) is -0.586. The van der Waals surface area contributed by atoms with E-state index in [9.17, 15) is 9.59 Å². The Morgan fingerprint density at radius 3 is 2.55 bits per heavy atom. The van der Waals surface area contributed by atoms with E-state index in [0.29, 0.717) is 12.3 Å². The highest BCUT2D eigenvalue weighted by molar-refractivity contribution is 6.39. The van der Waals surface area contributed by atoms with Gasteiger partial charge in [-0.05, 0) is 33.0 Å². The molecule has 0 saturated heterocycles. The molecule has 2 N–H and O–H groups in total. The maximum absolute atomic E-state index is 11.5. The van der Waals surface area contributed by atoms with Gasteiger partial charge in [-0.15, -0.1) is 0 Å². The van der Waals surface area contributed by atoms with Crippen molar-refractivity contribution in [2.75, 3.05) is 31.5 Å². The second-order valence-corrected chi connectivity index (χ2v) is 4.41. The Labute approximate surface area is 118 Å². The molecule has 7 nitrogen and oxygen atoms in total. The van der Waals surface area contributed by atoms with E-state index in [1.54, 1.807) is 13.0 Å². The number of amides is 2. The highest BCUT2D eigenvalue weighted by Gasteiger charge is 2.14. The Morgan fingerprint density at radius 2 is 2.00 bits per heavy atom. The standard InChI is InChI=1S/C13H22N4O3/c1-4-17(5-2)8-6-7-14-12(18)13(19)15-11-9-10(3)20-16-11/h9H,4-8H2,1-3H3,(H,14,18)(H,15,16,19). The number of carbonyl (C=O) groups is 2. The van der Waals surface area contributed by atoms with Crippen LogP contribution < -0.4 is 10.6 Å². The summed E-state index contributed by atoms with van der Waals surface area (Å²) in [5, 5.41) is 8.53. The lowest BCUT2D eigenvalue weighted by molar-refractivity contribution is -0.136. The molecule has 0 fully saturated rings. The van der Waals surface area contributed by atoms with Gasteiger partial charge in [0.15, 0.2) is 5.82 Å². The maximum Gasteiger partial charge on any atom is 0.314 e. The van der Waals surface area contributed by atoms with Gasteiger partial charge in [-0.2, -0.15) is 0 Å². The molecule has 112 valence electrons. The average molecular weight is 282 g/mol. The van der Waals surface area contributed by atoms with E-state index in [4.69, 9.17) is 4.52 Å². The lowest BCUT2D eigenvalue weighted by atomic mass is 10.3. The van der Waals surface area contributed by atoms with Gasteiger partial charge in [0.1, 0.15) is 5.76 Å². The highest BCUT2D eigenvalue weighted by Crippen LogP contribution is 2.06. The summed E-state index contributed by atoms with van der Waals surface area (Å²) >= 11 is 0. The third-order valence-corrected chi connectivity index (χ3v) is 2.91. The number of nitrogens with zero attached hydrogens (tertiary/aromatic N) is 2. The fraction of sp³-hybridized carbons (Fsp3) is 0.615. The second kappa shape index (κ2) is 8.31. The molecule has 0 aromatic carbocycles. The molecule has 0 bridgehead atoms. The molecule has 0 aliphatic heterocycles. The Morgan fingerprint density at radius 1 is 1.30 bits per heavy atom. The molecule has 1 heterocycles. The summed E-state index contributed by atoms with van der Waals surface area (Å²) in [5.41, 5.74) is 0. The normalized spacial score (nSPS) is 10.6. The Bertz CT molecular complexity index is 441. The van der Waals surface area contributed by atoms with Crippen molar-refractivity contribution in [3.8, 4) is 0 Å². The second-order valence-electron chi connectivity index (χ2n) is 4.41. The van der Waals surface area contributed by atoms with E-state index < -0.39 is 11.8 Å². The van der Waals surface area contributed by atoms with E-state index in [1.807, 2.05) is 0 Å².